The van der Waals surface area contributed by atoms with Gasteiger partial charge in [-0.15, -0.1) is 10.2 Å². The van der Waals surface area contributed by atoms with Crippen LogP contribution in [0.25, 0.3) is 11.4 Å². The minimum absolute atomic E-state index is 0.606. The van der Waals surface area contributed by atoms with Gasteiger partial charge in [-0.3, -0.25) is 0 Å². The average molecular weight is 331 g/mol. The number of nitrogens with zero attached hydrogens (tertiary/aromatic N) is 3. The van der Waals surface area contributed by atoms with Gasteiger partial charge in [0, 0.05) is 16.3 Å². The molecule has 0 aliphatic carbocycles. The predicted molar refractivity (Wildman–Crippen MR) is 91.4 cm³/mol. The van der Waals surface area contributed by atoms with E-state index in [1.807, 2.05) is 24.3 Å². The number of nitrogen functional groups attached to an aromatic ring is 1. The predicted octanol–water partition coefficient (Wildman–Crippen LogP) is 3.91. The summed E-state index contributed by atoms with van der Waals surface area (Å²) in [5.74, 6) is 7.51. The van der Waals surface area contributed by atoms with Crippen molar-refractivity contribution in [2.24, 2.45) is 0 Å². The summed E-state index contributed by atoms with van der Waals surface area (Å²) in [5.41, 5.74) is 3.33. The first-order valence-electron chi connectivity index (χ1n) is 6.78. The molecule has 0 atom stereocenters. The highest BCUT2D eigenvalue weighted by Gasteiger charge is 2.12. The van der Waals surface area contributed by atoms with Crippen molar-refractivity contribution in [3.05, 3.63) is 64.7 Å². The van der Waals surface area contributed by atoms with Crippen molar-refractivity contribution >= 4 is 23.4 Å². The topological polar surface area (TPSA) is 56.7 Å². The van der Waals surface area contributed by atoms with Gasteiger partial charge in [0.05, 0.1) is 0 Å². The lowest BCUT2D eigenvalue weighted by Gasteiger charge is -2.04. The lowest BCUT2D eigenvalue weighted by molar-refractivity contribution is 0.849. The van der Waals surface area contributed by atoms with Gasteiger partial charge >= 0.3 is 0 Å². The van der Waals surface area contributed by atoms with Crippen molar-refractivity contribution in [2.45, 2.75) is 17.8 Å². The van der Waals surface area contributed by atoms with E-state index in [9.17, 15) is 0 Å². The van der Waals surface area contributed by atoms with Gasteiger partial charge in [-0.05, 0) is 24.6 Å². The normalized spacial score (nSPS) is 10.8. The van der Waals surface area contributed by atoms with Gasteiger partial charge in [-0.2, -0.15) is 0 Å². The summed E-state index contributed by atoms with van der Waals surface area (Å²) in [5, 5.41) is 9.66. The molecule has 3 aromatic rings. The van der Waals surface area contributed by atoms with Crippen molar-refractivity contribution in [1.29, 1.82) is 0 Å². The molecule has 0 saturated heterocycles. The number of nitrogens with two attached hydrogens (primary N) is 1. The van der Waals surface area contributed by atoms with Gasteiger partial charge < -0.3 is 5.84 Å². The first kappa shape index (κ1) is 14.9. The van der Waals surface area contributed by atoms with Crippen LogP contribution in [0.4, 0.5) is 0 Å². The fraction of sp³-hybridized carbons (Fsp3) is 0.125. The summed E-state index contributed by atoms with van der Waals surface area (Å²) in [7, 11) is 0. The second-order valence-electron chi connectivity index (χ2n) is 4.96. The van der Waals surface area contributed by atoms with E-state index in [2.05, 4.69) is 41.4 Å². The van der Waals surface area contributed by atoms with Gasteiger partial charge in [0.1, 0.15) is 0 Å². The van der Waals surface area contributed by atoms with Crippen molar-refractivity contribution in [2.75, 3.05) is 5.84 Å². The number of hydrogen-bond donors (Lipinski definition) is 1. The van der Waals surface area contributed by atoms with Crippen LogP contribution in [0.15, 0.2) is 53.7 Å². The molecule has 0 saturated carbocycles. The largest absolute Gasteiger partial charge is 0.335 e. The molecule has 0 bridgehead atoms. The summed E-state index contributed by atoms with van der Waals surface area (Å²) >= 11 is 7.57. The van der Waals surface area contributed by atoms with Crippen LogP contribution in [0.2, 0.25) is 5.02 Å². The lowest BCUT2D eigenvalue weighted by Crippen LogP contribution is -2.11. The fourth-order valence-corrected chi connectivity index (χ4v) is 3.14. The SMILES string of the molecule is Cc1cccc(CSc2nnc(-c3cccc(Cl)c3)n2N)c1. The molecule has 0 unspecified atom stereocenters. The minimum Gasteiger partial charge on any atom is -0.335 e. The molecule has 1 heterocycles. The second kappa shape index (κ2) is 6.42. The van der Waals surface area contributed by atoms with Gasteiger partial charge in [0.15, 0.2) is 5.82 Å². The molecule has 3 rings (SSSR count). The monoisotopic (exact) mass is 330 g/mol. The highest BCUT2D eigenvalue weighted by molar-refractivity contribution is 7.98. The van der Waals surface area contributed by atoms with Crippen LogP contribution in [-0.2, 0) is 5.75 Å². The smallest absolute Gasteiger partial charge is 0.210 e. The van der Waals surface area contributed by atoms with Crippen molar-refractivity contribution in [1.82, 2.24) is 14.9 Å². The van der Waals surface area contributed by atoms with Crippen LogP contribution < -0.4 is 5.84 Å². The Morgan fingerprint density at radius 1 is 1.14 bits per heavy atom. The van der Waals surface area contributed by atoms with E-state index in [4.69, 9.17) is 17.4 Å². The highest BCUT2D eigenvalue weighted by Crippen LogP contribution is 2.25. The van der Waals surface area contributed by atoms with E-state index in [-0.39, 0.29) is 0 Å². The number of halogens is 1. The maximum atomic E-state index is 6.11. The number of rotatable bonds is 4. The lowest BCUT2D eigenvalue weighted by atomic mass is 10.2. The van der Waals surface area contributed by atoms with Gasteiger partial charge in [0.2, 0.25) is 5.16 Å². The van der Waals surface area contributed by atoms with E-state index in [0.29, 0.717) is 16.0 Å². The molecule has 22 heavy (non-hydrogen) atoms. The van der Waals surface area contributed by atoms with Crippen LogP contribution in [0.5, 0.6) is 0 Å². The third-order valence-electron chi connectivity index (χ3n) is 3.20. The van der Waals surface area contributed by atoms with Gasteiger partial charge in [0.25, 0.3) is 0 Å². The first-order valence-corrected chi connectivity index (χ1v) is 8.14. The fourth-order valence-electron chi connectivity index (χ4n) is 2.15. The highest BCUT2D eigenvalue weighted by atomic mass is 35.5. The van der Waals surface area contributed by atoms with Crippen molar-refractivity contribution in [3.8, 4) is 11.4 Å². The molecule has 0 radical (unpaired) electrons. The van der Waals surface area contributed by atoms with Crippen molar-refractivity contribution < 1.29 is 0 Å². The maximum Gasteiger partial charge on any atom is 0.210 e. The third kappa shape index (κ3) is 3.26. The molecule has 2 N–H and O–H groups in total. The Labute approximate surface area is 138 Å². The Morgan fingerprint density at radius 2 is 1.95 bits per heavy atom. The van der Waals surface area contributed by atoms with Gasteiger partial charge in [-0.25, -0.2) is 4.68 Å². The number of aromatic nitrogens is 3. The zero-order valence-electron chi connectivity index (χ0n) is 12.0. The van der Waals surface area contributed by atoms with Crippen LogP contribution in [0, 0.1) is 6.92 Å². The zero-order valence-corrected chi connectivity index (χ0v) is 13.6. The molecule has 6 heteroatoms. The molecule has 2 aromatic carbocycles. The van der Waals surface area contributed by atoms with E-state index < -0.39 is 0 Å². The quantitative estimate of drug-likeness (QED) is 0.582. The molecule has 0 amide bonds. The molecule has 4 nitrogen and oxygen atoms in total. The maximum absolute atomic E-state index is 6.11. The van der Waals surface area contributed by atoms with Crippen LogP contribution in [0.3, 0.4) is 0 Å². The standard InChI is InChI=1S/C16H15ClN4S/c1-11-4-2-5-12(8-11)10-22-16-20-19-15(21(16)18)13-6-3-7-14(17)9-13/h2-9H,10,18H2,1H3. The summed E-state index contributed by atoms with van der Waals surface area (Å²) in [6.07, 6.45) is 0. The number of aryl methyl sites for hydroxylation is 1. The van der Waals surface area contributed by atoms with Crippen LogP contribution in [0.1, 0.15) is 11.1 Å². The second-order valence-corrected chi connectivity index (χ2v) is 6.34. The van der Waals surface area contributed by atoms with Crippen LogP contribution in [-0.4, -0.2) is 14.9 Å². The molecular weight excluding hydrogens is 316 g/mol. The molecule has 0 aliphatic rings. The Kier molecular flexibility index (Phi) is 4.36. The van der Waals surface area contributed by atoms with Gasteiger partial charge in [-0.1, -0.05) is 65.3 Å². The Bertz CT molecular complexity index is 800. The summed E-state index contributed by atoms with van der Waals surface area (Å²) in [6.45, 7) is 2.08. The van der Waals surface area contributed by atoms with Crippen LogP contribution >= 0.6 is 23.4 Å². The van der Waals surface area contributed by atoms with E-state index in [1.54, 1.807) is 11.8 Å². The summed E-state index contributed by atoms with van der Waals surface area (Å²) in [6, 6.07) is 15.8. The summed E-state index contributed by atoms with van der Waals surface area (Å²) < 4.78 is 1.51. The van der Waals surface area contributed by atoms with E-state index in [1.165, 1.54) is 15.8 Å². The van der Waals surface area contributed by atoms with E-state index in [0.717, 1.165) is 11.3 Å². The molecule has 112 valence electrons. The molecule has 0 fully saturated rings. The number of hydrogen-bond acceptors (Lipinski definition) is 4. The third-order valence-corrected chi connectivity index (χ3v) is 4.45. The van der Waals surface area contributed by atoms with E-state index >= 15 is 0 Å². The summed E-state index contributed by atoms with van der Waals surface area (Å²) in [4.78, 5) is 0. The Hall–Kier alpha value is -1.98. The molecule has 0 spiro atoms. The molecule has 1 aromatic heterocycles. The Balaban J connectivity index is 1.79. The van der Waals surface area contributed by atoms with Crippen molar-refractivity contribution in [3.63, 3.8) is 0 Å². The first-order chi connectivity index (χ1) is 10.6. The number of benzene rings is 2. The molecular formula is C16H15ClN4S. The Morgan fingerprint density at radius 3 is 2.73 bits per heavy atom. The minimum atomic E-state index is 0.606. The number of thioether (sulfide) groups is 1. The average Bonchev–Trinajstić information content (AvgIpc) is 2.86. The zero-order chi connectivity index (χ0) is 15.5. The molecule has 0 aliphatic heterocycles.